The van der Waals surface area contributed by atoms with Crippen LogP contribution in [0.1, 0.15) is 53.8 Å². The average Bonchev–Trinajstić information content (AvgIpc) is 2.80. The summed E-state index contributed by atoms with van der Waals surface area (Å²) >= 11 is 0. The first kappa shape index (κ1) is 20.8. The van der Waals surface area contributed by atoms with Gasteiger partial charge in [-0.05, 0) is 42.9 Å². The molecule has 7 nitrogen and oxygen atoms in total. The first-order chi connectivity index (χ1) is 15.1. The van der Waals surface area contributed by atoms with Gasteiger partial charge in [0.2, 0.25) is 0 Å². The second-order valence-electron chi connectivity index (χ2n) is 7.71. The van der Waals surface area contributed by atoms with Crippen LogP contribution in [0.25, 0.3) is 10.8 Å². The van der Waals surface area contributed by atoms with Crippen molar-refractivity contribution in [2.24, 2.45) is 0 Å². The van der Waals surface area contributed by atoms with Crippen LogP contribution < -0.4 is 10.9 Å². The summed E-state index contributed by atoms with van der Waals surface area (Å²) in [5.41, 5.74) is 2.15. The Morgan fingerprint density at radius 3 is 2.68 bits per heavy atom. The number of aryl methyl sites for hydroxylation is 2. The maximum Gasteiger partial charge on any atom is 0.359 e. The molecule has 1 aliphatic carbocycles. The summed E-state index contributed by atoms with van der Waals surface area (Å²) in [5, 5.41) is 8.01. The van der Waals surface area contributed by atoms with Gasteiger partial charge in [-0.1, -0.05) is 49.4 Å². The predicted molar refractivity (Wildman–Crippen MR) is 117 cm³/mol. The van der Waals surface area contributed by atoms with Gasteiger partial charge in [0.1, 0.15) is 0 Å². The van der Waals surface area contributed by atoms with Crippen LogP contribution in [0, 0.1) is 0 Å². The van der Waals surface area contributed by atoms with Crippen molar-refractivity contribution in [3.63, 3.8) is 0 Å². The number of hydrogen-bond acceptors (Lipinski definition) is 5. The number of carbonyl (C=O) groups excluding carboxylic acids is 2. The lowest BCUT2D eigenvalue weighted by atomic mass is 9.88. The minimum Gasteiger partial charge on any atom is -0.451 e. The lowest BCUT2D eigenvalue weighted by Gasteiger charge is -2.26. The molecule has 1 N–H and O–H groups in total. The van der Waals surface area contributed by atoms with Crippen LogP contribution in [0.4, 0.5) is 0 Å². The van der Waals surface area contributed by atoms with E-state index >= 15 is 0 Å². The van der Waals surface area contributed by atoms with Gasteiger partial charge in [0.25, 0.3) is 11.5 Å². The Balaban J connectivity index is 1.48. The van der Waals surface area contributed by atoms with Crippen molar-refractivity contribution in [2.75, 3.05) is 6.61 Å². The molecule has 3 aromatic rings. The second-order valence-corrected chi connectivity index (χ2v) is 7.71. The highest BCUT2D eigenvalue weighted by Crippen LogP contribution is 2.29. The zero-order chi connectivity index (χ0) is 21.8. The van der Waals surface area contributed by atoms with E-state index in [4.69, 9.17) is 4.74 Å². The number of benzene rings is 2. The van der Waals surface area contributed by atoms with Crippen molar-refractivity contribution in [2.45, 2.75) is 45.2 Å². The van der Waals surface area contributed by atoms with Crippen LogP contribution in [0.3, 0.4) is 0 Å². The maximum atomic E-state index is 12.7. The molecule has 0 saturated heterocycles. The van der Waals surface area contributed by atoms with E-state index in [1.807, 2.05) is 25.1 Å². The number of amides is 1. The topological polar surface area (TPSA) is 90.3 Å². The van der Waals surface area contributed by atoms with Gasteiger partial charge in [-0.3, -0.25) is 9.59 Å². The van der Waals surface area contributed by atoms with Crippen LogP contribution >= 0.6 is 0 Å². The Morgan fingerprint density at radius 2 is 1.87 bits per heavy atom. The number of nitrogens with one attached hydrogen (secondary N) is 1. The van der Waals surface area contributed by atoms with Gasteiger partial charge in [0.15, 0.2) is 12.3 Å². The van der Waals surface area contributed by atoms with E-state index in [0.717, 1.165) is 24.8 Å². The molecular weight excluding hydrogens is 394 g/mol. The maximum absolute atomic E-state index is 12.7. The highest BCUT2D eigenvalue weighted by Gasteiger charge is 2.23. The standard InChI is InChI=1S/C24H25N3O4/c1-2-14-27-23(29)19-12-6-5-11-18(19)22(26-27)24(30)31-15-21(28)25-20-13-7-9-16-8-3-4-10-17(16)20/h3-6,8,10-12,20H,2,7,9,13-15H2,1H3,(H,25,28)/t20-/m1/s1. The largest absolute Gasteiger partial charge is 0.451 e. The van der Waals surface area contributed by atoms with Crippen LogP contribution in [0.5, 0.6) is 0 Å². The molecule has 1 aliphatic rings. The van der Waals surface area contributed by atoms with Crippen LogP contribution in [0.2, 0.25) is 0 Å². The zero-order valence-electron chi connectivity index (χ0n) is 17.5. The van der Waals surface area contributed by atoms with Gasteiger partial charge in [-0.2, -0.15) is 5.10 Å². The Bertz CT molecular complexity index is 1180. The van der Waals surface area contributed by atoms with E-state index in [-0.39, 0.29) is 23.2 Å². The third-order valence-electron chi connectivity index (χ3n) is 5.54. The fourth-order valence-electron chi connectivity index (χ4n) is 4.09. The van der Waals surface area contributed by atoms with Crippen molar-refractivity contribution in [1.82, 2.24) is 15.1 Å². The van der Waals surface area contributed by atoms with Crippen molar-refractivity contribution in [3.8, 4) is 0 Å². The summed E-state index contributed by atoms with van der Waals surface area (Å²) in [6.07, 6.45) is 3.55. The molecule has 0 radical (unpaired) electrons. The molecule has 0 spiro atoms. The van der Waals surface area contributed by atoms with E-state index in [1.54, 1.807) is 24.3 Å². The first-order valence-electron chi connectivity index (χ1n) is 10.6. The number of hydrogen-bond donors (Lipinski definition) is 1. The Labute approximate surface area is 180 Å². The Kier molecular flexibility index (Phi) is 6.11. The first-order valence-corrected chi connectivity index (χ1v) is 10.6. The highest BCUT2D eigenvalue weighted by molar-refractivity contribution is 6.02. The number of aromatic nitrogens is 2. The summed E-state index contributed by atoms with van der Waals surface area (Å²) in [5.74, 6) is -1.08. The minimum absolute atomic E-state index is 0.0412. The fraction of sp³-hybridized carbons (Fsp3) is 0.333. The van der Waals surface area contributed by atoms with Crippen molar-refractivity contribution >= 4 is 22.6 Å². The predicted octanol–water partition coefficient (Wildman–Crippen LogP) is 3.16. The van der Waals surface area contributed by atoms with Gasteiger partial charge in [0, 0.05) is 11.9 Å². The molecule has 160 valence electrons. The van der Waals surface area contributed by atoms with Crippen LogP contribution in [-0.2, 0) is 22.5 Å². The number of rotatable bonds is 6. The molecule has 0 saturated carbocycles. The SMILES string of the molecule is CCCn1nc(C(=O)OCC(=O)N[C@@H]2CCCc3ccccc32)c2ccccc2c1=O. The molecule has 1 amide bonds. The summed E-state index contributed by atoms with van der Waals surface area (Å²) in [7, 11) is 0. The van der Waals surface area contributed by atoms with Crippen molar-refractivity contribution < 1.29 is 14.3 Å². The molecule has 0 fully saturated rings. The molecule has 4 rings (SSSR count). The number of fused-ring (bicyclic) bond motifs is 2. The monoisotopic (exact) mass is 419 g/mol. The molecule has 1 aromatic heterocycles. The molecule has 0 bridgehead atoms. The summed E-state index contributed by atoms with van der Waals surface area (Å²) in [6.45, 7) is 1.92. The highest BCUT2D eigenvalue weighted by atomic mass is 16.5. The molecule has 1 heterocycles. The number of carbonyl (C=O) groups is 2. The normalized spacial score (nSPS) is 15.3. The molecule has 31 heavy (non-hydrogen) atoms. The molecular formula is C24H25N3O4. The number of nitrogens with zero attached hydrogens (tertiary/aromatic N) is 2. The lowest BCUT2D eigenvalue weighted by Crippen LogP contribution is -2.34. The second kappa shape index (κ2) is 9.12. The van der Waals surface area contributed by atoms with E-state index in [2.05, 4.69) is 16.5 Å². The molecule has 7 heteroatoms. The van der Waals surface area contributed by atoms with Gasteiger partial charge >= 0.3 is 5.97 Å². The minimum atomic E-state index is -0.722. The lowest BCUT2D eigenvalue weighted by molar-refractivity contribution is -0.125. The molecule has 2 aromatic carbocycles. The van der Waals surface area contributed by atoms with Crippen LogP contribution in [-0.4, -0.2) is 28.3 Å². The van der Waals surface area contributed by atoms with E-state index < -0.39 is 12.6 Å². The Morgan fingerprint density at radius 1 is 1.13 bits per heavy atom. The zero-order valence-corrected chi connectivity index (χ0v) is 17.5. The molecule has 0 unspecified atom stereocenters. The summed E-state index contributed by atoms with van der Waals surface area (Å²) in [4.78, 5) is 37.8. The van der Waals surface area contributed by atoms with E-state index in [0.29, 0.717) is 23.7 Å². The fourth-order valence-corrected chi connectivity index (χ4v) is 4.09. The van der Waals surface area contributed by atoms with Crippen molar-refractivity contribution in [3.05, 3.63) is 75.7 Å². The van der Waals surface area contributed by atoms with Gasteiger partial charge in [-0.15, -0.1) is 0 Å². The number of ether oxygens (including phenoxy) is 1. The van der Waals surface area contributed by atoms with E-state index in [1.165, 1.54) is 10.2 Å². The molecule has 1 atom stereocenters. The molecule has 0 aliphatic heterocycles. The van der Waals surface area contributed by atoms with Crippen molar-refractivity contribution in [1.29, 1.82) is 0 Å². The van der Waals surface area contributed by atoms with Gasteiger partial charge < -0.3 is 10.1 Å². The van der Waals surface area contributed by atoms with Gasteiger partial charge in [-0.25, -0.2) is 9.48 Å². The number of esters is 1. The third kappa shape index (κ3) is 4.35. The van der Waals surface area contributed by atoms with E-state index in [9.17, 15) is 14.4 Å². The smallest absolute Gasteiger partial charge is 0.359 e. The quantitative estimate of drug-likeness (QED) is 0.620. The van der Waals surface area contributed by atoms with Gasteiger partial charge in [0.05, 0.1) is 11.4 Å². The summed E-state index contributed by atoms with van der Waals surface area (Å²) < 4.78 is 6.55. The Hall–Kier alpha value is -3.48. The third-order valence-corrected chi connectivity index (χ3v) is 5.54. The van der Waals surface area contributed by atoms with Crippen LogP contribution in [0.15, 0.2) is 53.3 Å². The average molecular weight is 419 g/mol. The summed E-state index contributed by atoms with van der Waals surface area (Å²) in [6, 6.07) is 14.8.